The number of nitrogens with one attached hydrogen (secondary N) is 1. The zero-order valence-corrected chi connectivity index (χ0v) is 17.2. The first-order valence-electron chi connectivity index (χ1n) is 9.09. The number of halogens is 4. The van der Waals surface area contributed by atoms with Crippen LogP contribution in [0.5, 0.6) is 0 Å². The number of aromatic nitrogens is 2. The fourth-order valence-electron chi connectivity index (χ4n) is 3.17. The van der Waals surface area contributed by atoms with Crippen molar-refractivity contribution < 1.29 is 18.0 Å². The molecule has 0 unspecified atom stereocenters. The maximum atomic E-state index is 13.1. The molecule has 1 fully saturated rings. The van der Waals surface area contributed by atoms with Crippen LogP contribution in [0.4, 0.5) is 24.7 Å². The molecule has 156 valence electrons. The Hall–Kier alpha value is -2.00. The van der Waals surface area contributed by atoms with Crippen LogP contribution in [0.1, 0.15) is 25.3 Å². The summed E-state index contributed by atoms with van der Waals surface area (Å²) in [6.07, 6.45) is -0.893. The van der Waals surface area contributed by atoms with Crippen LogP contribution in [0.15, 0.2) is 35.6 Å². The Morgan fingerprint density at radius 1 is 1.34 bits per heavy atom. The molecule has 1 atom stereocenters. The molecule has 0 aliphatic carbocycles. The highest BCUT2D eigenvalue weighted by Gasteiger charge is 2.34. The van der Waals surface area contributed by atoms with Gasteiger partial charge in [-0.1, -0.05) is 30.3 Å². The van der Waals surface area contributed by atoms with Gasteiger partial charge in [-0.05, 0) is 37.0 Å². The molecule has 0 spiro atoms. The van der Waals surface area contributed by atoms with Crippen molar-refractivity contribution in [3.8, 4) is 0 Å². The van der Waals surface area contributed by atoms with Gasteiger partial charge in [0, 0.05) is 24.2 Å². The number of hydrogen-bond donors (Lipinski definition) is 1. The van der Waals surface area contributed by atoms with Crippen LogP contribution < -0.4 is 10.2 Å². The van der Waals surface area contributed by atoms with Crippen LogP contribution in [0.2, 0.25) is 5.02 Å². The molecule has 1 N–H and O–H groups in total. The maximum absolute atomic E-state index is 13.1. The number of piperidine rings is 1. The lowest BCUT2D eigenvalue weighted by molar-refractivity contribution is -0.137. The van der Waals surface area contributed by atoms with Gasteiger partial charge >= 0.3 is 6.18 Å². The second-order valence-corrected chi connectivity index (χ2v) is 8.36. The van der Waals surface area contributed by atoms with Gasteiger partial charge in [-0.3, -0.25) is 4.79 Å². The van der Waals surface area contributed by atoms with Crippen molar-refractivity contribution in [2.45, 2.75) is 31.0 Å². The van der Waals surface area contributed by atoms with E-state index < -0.39 is 17.6 Å². The molecule has 1 saturated heterocycles. The van der Waals surface area contributed by atoms with Crippen LogP contribution in [0.3, 0.4) is 0 Å². The molecule has 29 heavy (non-hydrogen) atoms. The molecule has 0 radical (unpaired) electrons. The van der Waals surface area contributed by atoms with Gasteiger partial charge in [-0.25, -0.2) is 9.97 Å². The molecule has 1 aliphatic rings. The van der Waals surface area contributed by atoms with Crippen molar-refractivity contribution in [3.63, 3.8) is 0 Å². The van der Waals surface area contributed by atoms with Gasteiger partial charge in [0.1, 0.15) is 17.2 Å². The van der Waals surface area contributed by atoms with Gasteiger partial charge < -0.3 is 10.2 Å². The van der Waals surface area contributed by atoms with E-state index in [4.69, 9.17) is 11.6 Å². The Labute approximate surface area is 176 Å². The highest BCUT2D eigenvalue weighted by molar-refractivity contribution is 7.99. The van der Waals surface area contributed by atoms with Crippen LogP contribution in [0, 0.1) is 5.92 Å². The molecule has 1 aromatic heterocycles. The number of thioether (sulfide) groups is 1. The van der Waals surface area contributed by atoms with Crippen LogP contribution in [0.25, 0.3) is 0 Å². The predicted molar refractivity (Wildman–Crippen MR) is 108 cm³/mol. The van der Waals surface area contributed by atoms with Crippen molar-refractivity contribution >= 4 is 40.8 Å². The van der Waals surface area contributed by atoms with Gasteiger partial charge in [0.15, 0.2) is 0 Å². The van der Waals surface area contributed by atoms with E-state index in [2.05, 4.69) is 27.1 Å². The minimum Gasteiger partial charge on any atom is -0.356 e. The third-order valence-electron chi connectivity index (χ3n) is 4.52. The average Bonchev–Trinajstić information content (AvgIpc) is 2.67. The number of hydrogen-bond acceptors (Lipinski definition) is 5. The SMILES string of the molecule is C[C@H]1CCCN(c2cc(SCC(=O)Nc3ccc(Cl)cc3C(F)(F)F)ncn2)C1. The molecular weight excluding hydrogens is 425 g/mol. The maximum Gasteiger partial charge on any atom is 0.418 e. The van der Waals surface area contributed by atoms with Crippen LogP contribution in [-0.2, 0) is 11.0 Å². The Kier molecular flexibility index (Phi) is 6.89. The second-order valence-electron chi connectivity index (χ2n) is 6.93. The Morgan fingerprint density at radius 2 is 2.14 bits per heavy atom. The molecule has 0 bridgehead atoms. The molecule has 1 amide bonds. The first-order chi connectivity index (χ1) is 13.7. The Morgan fingerprint density at radius 3 is 2.86 bits per heavy atom. The number of rotatable bonds is 5. The summed E-state index contributed by atoms with van der Waals surface area (Å²) >= 11 is 6.80. The average molecular weight is 445 g/mol. The zero-order chi connectivity index (χ0) is 21.0. The summed E-state index contributed by atoms with van der Waals surface area (Å²) in [5, 5.41) is 2.85. The van der Waals surface area contributed by atoms with Gasteiger partial charge in [0.05, 0.1) is 17.0 Å². The largest absolute Gasteiger partial charge is 0.418 e. The molecule has 5 nitrogen and oxygen atoms in total. The van der Waals surface area contributed by atoms with Crippen LogP contribution in [-0.4, -0.2) is 34.7 Å². The fraction of sp³-hybridized carbons (Fsp3) is 0.421. The lowest BCUT2D eigenvalue weighted by Crippen LogP contribution is -2.34. The molecular formula is C19H20ClF3N4OS. The molecule has 1 aromatic carbocycles. The molecule has 0 saturated carbocycles. The number of amides is 1. The summed E-state index contributed by atoms with van der Waals surface area (Å²) < 4.78 is 39.4. The van der Waals surface area contributed by atoms with E-state index in [9.17, 15) is 18.0 Å². The lowest BCUT2D eigenvalue weighted by Gasteiger charge is -2.31. The minimum absolute atomic E-state index is 0.0507. The summed E-state index contributed by atoms with van der Waals surface area (Å²) in [7, 11) is 0. The van der Waals surface area contributed by atoms with Crippen molar-refractivity contribution in [3.05, 3.63) is 41.2 Å². The molecule has 2 aromatic rings. The Balaban J connectivity index is 1.62. The quantitative estimate of drug-likeness (QED) is 0.512. The standard InChI is InChI=1S/C19H20ClF3N4OS/c1-12-3-2-6-27(9-12)16-8-18(25-11-24-16)29-10-17(28)26-15-5-4-13(20)7-14(15)19(21,22)23/h4-5,7-8,11-12H,2-3,6,9-10H2,1H3,(H,26,28)/t12-/m0/s1. The minimum atomic E-state index is -4.62. The van der Waals surface area contributed by atoms with Crippen molar-refractivity contribution in [2.24, 2.45) is 5.92 Å². The highest BCUT2D eigenvalue weighted by atomic mass is 35.5. The lowest BCUT2D eigenvalue weighted by atomic mass is 10.0. The molecule has 10 heteroatoms. The molecule has 3 rings (SSSR count). The van der Waals surface area contributed by atoms with E-state index in [1.165, 1.54) is 18.8 Å². The second kappa shape index (κ2) is 9.21. The van der Waals surface area contributed by atoms with E-state index in [0.29, 0.717) is 10.9 Å². The van der Waals surface area contributed by atoms with E-state index in [1.54, 1.807) is 6.07 Å². The van der Waals surface area contributed by atoms with Gasteiger partial charge in [-0.15, -0.1) is 0 Å². The van der Waals surface area contributed by atoms with E-state index in [-0.39, 0.29) is 16.5 Å². The first kappa shape index (κ1) is 21.7. The number of carbonyl (C=O) groups is 1. The van der Waals surface area contributed by atoms with Crippen molar-refractivity contribution in [2.75, 3.05) is 29.1 Å². The normalized spacial score (nSPS) is 17.3. The van der Waals surface area contributed by atoms with E-state index >= 15 is 0 Å². The summed E-state index contributed by atoms with van der Waals surface area (Å²) in [6, 6.07) is 5.05. The summed E-state index contributed by atoms with van der Waals surface area (Å²) in [5.74, 6) is 0.746. The molecule has 2 heterocycles. The van der Waals surface area contributed by atoms with E-state index in [0.717, 1.165) is 49.2 Å². The van der Waals surface area contributed by atoms with Gasteiger partial charge in [-0.2, -0.15) is 13.2 Å². The van der Waals surface area contributed by atoms with E-state index in [1.807, 2.05) is 0 Å². The summed E-state index contributed by atoms with van der Waals surface area (Å²) in [4.78, 5) is 22.8. The van der Waals surface area contributed by atoms with Gasteiger partial charge in [0.25, 0.3) is 0 Å². The third-order valence-corrected chi connectivity index (χ3v) is 5.68. The first-order valence-corrected chi connectivity index (χ1v) is 10.4. The third kappa shape index (κ3) is 5.99. The van der Waals surface area contributed by atoms with Crippen molar-refractivity contribution in [1.29, 1.82) is 0 Å². The highest BCUT2D eigenvalue weighted by Crippen LogP contribution is 2.36. The Bertz CT molecular complexity index is 881. The van der Waals surface area contributed by atoms with Crippen LogP contribution >= 0.6 is 23.4 Å². The zero-order valence-electron chi connectivity index (χ0n) is 15.7. The monoisotopic (exact) mass is 444 g/mol. The summed E-state index contributed by atoms with van der Waals surface area (Å²) in [5.41, 5.74) is -1.30. The topological polar surface area (TPSA) is 58.1 Å². The number of anilines is 2. The fourth-order valence-corrected chi connectivity index (χ4v) is 4.00. The smallest absolute Gasteiger partial charge is 0.356 e. The number of benzene rings is 1. The van der Waals surface area contributed by atoms with Crippen molar-refractivity contribution in [1.82, 2.24) is 9.97 Å². The number of nitrogens with zero attached hydrogens (tertiary/aromatic N) is 3. The summed E-state index contributed by atoms with van der Waals surface area (Å²) in [6.45, 7) is 4.03. The van der Waals surface area contributed by atoms with Gasteiger partial charge in [0.2, 0.25) is 5.91 Å². The number of alkyl halides is 3. The number of carbonyl (C=O) groups excluding carboxylic acids is 1. The molecule has 1 aliphatic heterocycles. The predicted octanol–water partition coefficient (Wildman–Crippen LogP) is 5.12.